The van der Waals surface area contributed by atoms with Gasteiger partial charge in [-0.3, -0.25) is 14.4 Å². The normalized spacial score (nSPS) is 23.2. The maximum atomic E-state index is 13.5. The summed E-state index contributed by atoms with van der Waals surface area (Å²) >= 11 is 5.82. The number of hydrogen-bond acceptors (Lipinski definition) is 5. The van der Waals surface area contributed by atoms with E-state index < -0.39 is 11.2 Å². The number of rotatable bonds is 2. The second kappa shape index (κ2) is 6.97. The minimum absolute atomic E-state index is 0.161. The first-order valence-corrected chi connectivity index (χ1v) is 11.5. The molecule has 3 atom stereocenters. The molecule has 0 spiro atoms. The summed E-state index contributed by atoms with van der Waals surface area (Å²) in [5, 5.41) is 0.141. The predicted molar refractivity (Wildman–Crippen MR) is 118 cm³/mol. The lowest BCUT2D eigenvalue weighted by molar-refractivity contribution is -0.122. The fraction of sp³-hybridized carbons (Fsp3) is 0.190. The first-order valence-electron chi connectivity index (χ1n) is 9.04. The van der Waals surface area contributed by atoms with Crippen LogP contribution < -0.4 is 9.77 Å². The number of aromatic amines is 1. The Morgan fingerprint density at radius 1 is 1.00 bits per heavy atom. The Hall–Kier alpha value is -2.16. The van der Waals surface area contributed by atoms with Gasteiger partial charge >= 0.3 is 4.87 Å². The van der Waals surface area contributed by atoms with Crippen molar-refractivity contribution in [2.75, 3.05) is 4.90 Å². The van der Waals surface area contributed by atoms with E-state index in [2.05, 4.69) is 20.9 Å². The number of aryl methyl sites for hydroxylation is 1. The zero-order valence-corrected chi connectivity index (χ0v) is 18.4. The Morgan fingerprint density at radius 2 is 1.72 bits per heavy atom. The molecule has 29 heavy (non-hydrogen) atoms. The maximum absolute atomic E-state index is 13.5. The minimum Gasteiger partial charge on any atom is -0.307 e. The van der Waals surface area contributed by atoms with Gasteiger partial charge in [0.1, 0.15) is 5.25 Å². The van der Waals surface area contributed by atoms with E-state index in [1.165, 1.54) is 16.7 Å². The number of thioether (sulfide) groups is 1. The second-order valence-corrected chi connectivity index (χ2v) is 10.2. The fourth-order valence-corrected chi connectivity index (χ4v) is 6.90. The Kier molecular flexibility index (Phi) is 4.53. The number of amides is 2. The van der Waals surface area contributed by atoms with E-state index in [0.29, 0.717) is 10.7 Å². The number of imide groups is 1. The summed E-state index contributed by atoms with van der Waals surface area (Å²) in [7, 11) is 0. The smallest absolute Gasteiger partial charge is 0.305 e. The number of hydrogen-bond donors (Lipinski definition) is 1. The highest BCUT2D eigenvalue weighted by Crippen LogP contribution is 2.53. The number of nitrogens with zero attached hydrogens (tertiary/aromatic N) is 1. The van der Waals surface area contributed by atoms with E-state index in [0.717, 1.165) is 31.8 Å². The van der Waals surface area contributed by atoms with Gasteiger partial charge < -0.3 is 4.98 Å². The molecule has 0 aliphatic carbocycles. The van der Waals surface area contributed by atoms with Gasteiger partial charge in [-0.1, -0.05) is 63.3 Å². The van der Waals surface area contributed by atoms with Crippen molar-refractivity contribution in [2.24, 2.45) is 5.92 Å². The second-order valence-electron chi connectivity index (χ2n) is 7.09. The van der Waals surface area contributed by atoms with Gasteiger partial charge in [-0.15, -0.1) is 0 Å². The van der Waals surface area contributed by atoms with Gasteiger partial charge in [0, 0.05) is 15.3 Å². The van der Waals surface area contributed by atoms with Crippen LogP contribution in [0.3, 0.4) is 0 Å². The quantitative estimate of drug-likeness (QED) is 0.548. The van der Waals surface area contributed by atoms with E-state index >= 15 is 0 Å². The number of anilines is 1. The van der Waals surface area contributed by atoms with Crippen molar-refractivity contribution in [1.29, 1.82) is 0 Å². The lowest BCUT2D eigenvalue weighted by Crippen LogP contribution is -2.32. The molecule has 2 amide bonds. The van der Waals surface area contributed by atoms with Crippen molar-refractivity contribution in [3.63, 3.8) is 0 Å². The average Bonchev–Trinajstić information content (AvgIpc) is 3.19. The van der Waals surface area contributed by atoms with E-state index in [1.54, 1.807) is 12.1 Å². The number of carbonyl (C=O) groups excluding carboxylic acids is 2. The van der Waals surface area contributed by atoms with Crippen LogP contribution >= 0.6 is 39.0 Å². The Balaban J connectivity index is 1.67. The molecular weight excluding hydrogens is 472 g/mol. The van der Waals surface area contributed by atoms with Crippen molar-refractivity contribution in [1.82, 2.24) is 4.98 Å². The largest absolute Gasteiger partial charge is 0.307 e. The van der Waals surface area contributed by atoms with Crippen LogP contribution in [0.5, 0.6) is 0 Å². The van der Waals surface area contributed by atoms with Crippen molar-refractivity contribution >= 4 is 56.5 Å². The summed E-state index contributed by atoms with van der Waals surface area (Å²) in [6.07, 6.45) is 0. The molecule has 146 valence electrons. The molecule has 8 heteroatoms. The third kappa shape index (κ3) is 2.93. The van der Waals surface area contributed by atoms with Gasteiger partial charge in [0.05, 0.1) is 16.6 Å². The molecule has 5 rings (SSSR count). The van der Waals surface area contributed by atoms with Gasteiger partial charge in [0.25, 0.3) is 0 Å². The third-order valence-electron chi connectivity index (χ3n) is 5.43. The molecule has 0 saturated carbocycles. The van der Waals surface area contributed by atoms with Crippen molar-refractivity contribution in [2.45, 2.75) is 23.1 Å². The number of aromatic nitrogens is 1. The van der Waals surface area contributed by atoms with Crippen LogP contribution in [0.4, 0.5) is 5.69 Å². The van der Waals surface area contributed by atoms with Gasteiger partial charge in [0.15, 0.2) is 0 Å². The highest BCUT2D eigenvalue weighted by molar-refractivity contribution is 9.10. The Labute approximate surface area is 183 Å². The van der Waals surface area contributed by atoms with Crippen molar-refractivity contribution in [3.05, 3.63) is 78.7 Å². The van der Waals surface area contributed by atoms with Gasteiger partial charge in [-0.2, -0.15) is 0 Å². The Bertz CT molecular complexity index is 1200. The monoisotopic (exact) mass is 486 g/mol. The minimum atomic E-state index is -0.562. The molecule has 3 unspecified atom stereocenters. The van der Waals surface area contributed by atoms with E-state index in [9.17, 15) is 14.4 Å². The zero-order valence-electron chi connectivity index (χ0n) is 15.2. The maximum Gasteiger partial charge on any atom is 0.305 e. The predicted octanol–water partition coefficient (Wildman–Crippen LogP) is 4.30. The number of benzene rings is 2. The summed E-state index contributed by atoms with van der Waals surface area (Å²) < 4.78 is 0.879. The Morgan fingerprint density at radius 3 is 2.45 bits per heavy atom. The SMILES string of the molecule is Cc1ccccc1C1c2sc(=O)[nH]c2SC2C(=O)N(c3ccc(Br)cc3)C(=O)C21. The summed E-state index contributed by atoms with van der Waals surface area (Å²) in [5.41, 5.74) is 2.59. The number of halogens is 1. The van der Waals surface area contributed by atoms with Crippen LogP contribution in [0, 0.1) is 12.8 Å². The van der Waals surface area contributed by atoms with Gasteiger partial charge in [-0.05, 0) is 42.3 Å². The summed E-state index contributed by atoms with van der Waals surface area (Å²) in [5.74, 6) is -1.31. The summed E-state index contributed by atoms with van der Waals surface area (Å²) in [4.78, 5) is 43.8. The number of H-pyrrole nitrogens is 1. The zero-order chi connectivity index (χ0) is 20.3. The molecule has 1 aromatic heterocycles. The van der Waals surface area contributed by atoms with E-state index in [1.807, 2.05) is 43.3 Å². The molecule has 0 bridgehead atoms. The van der Waals surface area contributed by atoms with Crippen molar-refractivity contribution < 1.29 is 9.59 Å². The number of carbonyl (C=O) groups is 2. The first kappa shape index (κ1) is 18.8. The highest BCUT2D eigenvalue weighted by atomic mass is 79.9. The molecule has 2 aromatic carbocycles. The van der Waals surface area contributed by atoms with E-state index in [-0.39, 0.29) is 22.6 Å². The molecule has 1 saturated heterocycles. The topological polar surface area (TPSA) is 70.2 Å². The fourth-order valence-electron chi connectivity index (χ4n) is 4.13. The molecule has 2 aliphatic heterocycles. The van der Waals surface area contributed by atoms with Crippen molar-refractivity contribution in [3.8, 4) is 0 Å². The molecule has 5 nitrogen and oxygen atoms in total. The van der Waals surface area contributed by atoms with Crippen LogP contribution in [0.25, 0.3) is 0 Å². The lowest BCUT2D eigenvalue weighted by atomic mass is 9.81. The highest BCUT2D eigenvalue weighted by Gasteiger charge is 2.56. The standard InChI is InChI=1S/C21H15BrN2O3S2/c1-10-4-2-3-5-13(10)14-15-17(28-18-16(14)29-21(27)23-18)20(26)24(19(15)25)12-8-6-11(22)7-9-12/h2-9,14-15,17H,1H3,(H,23,27). The first-order chi connectivity index (χ1) is 14.0. The van der Waals surface area contributed by atoms with Crippen LogP contribution in [-0.2, 0) is 9.59 Å². The molecule has 1 fully saturated rings. The number of thiazole rings is 1. The van der Waals surface area contributed by atoms with Crippen LogP contribution in [0.1, 0.15) is 21.9 Å². The average molecular weight is 487 g/mol. The van der Waals surface area contributed by atoms with Crippen LogP contribution in [-0.4, -0.2) is 22.0 Å². The molecule has 1 N–H and O–H groups in total. The van der Waals surface area contributed by atoms with Gasteiger partial charge in [-0.25, -0.2) is 4.90 Å². The summed E-state index contributed by atoms with van der Waals surface area (Å²) in [6.45, 7) is 1.99. The third-order valence-corrected chi connectivity index (χ3v) is 8.36. The molecule has 3 aromatic rings. The summed E-state index contributed by atoms with van der Waals surface area (Å²) in [6, 6.07) is 15.0. The number of nitrogens with one attached hydrogen (secondary N) is 1. The van der Waals surface area contributed by atoms with Crippen LogP contribution in [0.15, 0.2) is 62.8 Å². The number of fused-ring (bicyclic) bond motifs is 2. The van der Waals surface area contributed by atoms with Crippen LogP contribution in [0.2, 0.25) is 0 Å². The van der Waals surface area contributed by atoms with E-state index in [4.69, 9.17) is 0 Å². The molecular formula is C21H15BrN2O3S2. The molecule has 3 heterocycles. The van der Waals surface area contributed by atoms with Gasteiger partial charge in [0.2, 0.25) is 11.8 Å². The molecule has 0 radical (unpaired) electrons. The molecule has 2 aliphatic rings. The lowest BCUT2D eigenvalue weighted by Gasteiger charge is -2.30.